The number of hydrogen-bond acceptors (Lipinski definition) is 5. The normalized spacial score (nSPS) is 18.5. The first kappa shape index (κ1) is 14.0. The molecule has 116 valence electrons. The van der Waals surface area contributed by atoms with Crippen LogP contribution in [0.25, 0.3) is 6.08 Å². The first-order valence-corrected chi connectivity index (χ1v) is 8.23. The predicted octanol–water partition coefficient (Wildman–Crippen LogP) is 2.83. The van der Waals surface area contributed by atoms with E-state index >= 15 is 0 Å². The van der Waals surface area contributed by atoms with Crippen molar-refractivity contribution in [3.8, 4) is 11.5 Å². The maximum atomic E-state index is 12.1. The van der Waals surface area contributed by atoms with E-state index in [2.05, 4.69) is 10.3 Å². The Labute approximate surface area is 137 Å². The van der Waals surface area contributed by atoms with Gasteiger partial charge in [0, 0.05) is 6.42 Å². The summed E-state index contributed by atoms with van der Waals surface area (Å²) in [7, 11) is 0. The van der Waals surface area contributed by atoms with Gasteiger partial charge in [0.2, 0.25) is 0 Å². The van der Waals surface area contributed by atoms with Crippen LogP contribution in [0.15, 0.2) is 46.4 Å². The minimum atomic E-state index is -0.194. The van der Waals surface area contributed by atoms with Gasteiger partial charge in [-0.3, -0.25) is 4.79 Å². The molecule has 0 unspecified atom stereocenters. The third kappa shape index (κ3) is 2.85. The van der Waals surface area contributed by atoms with Crippen LogP contribution in [0.1, 0.15) is 16.9 Å². The molecule has 3 heterocycles. The minimum absolute atomic E-state index is 0.194. The number of ether oxygens (including phenoxy) is 2. The lowest BCUT2D eigenvalue weighted by Crippen LogP contribution is -2.23. The molecule has 1 N–H and O–H groups in total. The van der Waals surface area contributed by atoms with Crippen molar-refractivity contribution >= 4 is 29.2 Å². The molecule has 23 heavy (non-hydrogen) atoms. The van der Waals surface area contributed by atoms with Crippen LogP contribution in [0, 0.1) is 0 Å². The van der Waals surface area contributed by atoms with Gasteiger partial charge in [-0.15, -0.1) is 11.3 Å². The van der Waals surface area contributed by atoms with Crippen molar-refractivity contribution in [1.82, 2.24) is 5.32 Å². The smallest absolute Gasteiger partial charge is 0.275 e. The predicted molar refractivity (Wildman–Crippen MR) is 89.0 cm³/mol. The van der Waals surface area contributed by atoms with Crippen LogP contribution < -0.4 is 14.8 Å². The zero-order chi connectivity index (χ0) is 15.6. The Kier molecular flexibility index (Phi) is 3.59. The number of amidine groups is 1. The topological polar surface area (TPSA) is 59.9 Å². The Morgan fingerprint density at radius 1 is 1.17 bits per heavy atom. The number of rotatable bonds is 2. The molecule has 2 aliphatic rings. The Balaban J connectivity index is 1.65. The van der Waals surface area contributed by atoms with E-state index in [1.807, 2.05) is 35.7 Å². The molecule has 4 rings (SSSR count). The van der Waals surface area contributed by atoms with Gasteiger partial charge < -0.3 is 14.8 Å². The van der Waals surface area contributed by atoms with E-state index in [-0.39, 0.29) is 5.91 Å². The van der Waals surface area contributed by atoms with Gasteiger partial charge in [0.05, 0.1) is 18.1 Å². The molecule has 2 aliphatic heterocycles. The van der Waals surface area contributed by atoms with Crippen LogP contribution in [0.5, 0.6) is 11.5 Å². The lowest BCUT2D eigenvalue weighted by molar-refractivity contribution is -0.115. The van der Waals surface area contributed by atoms with Gasteiger partial charge in [-0.05, 0) is 35.2 Å². The van der Waals surface area contributed by atoms with Gasteiger partial charge >= 0.3 is 0 Å². The fourth-order valence-corrected chi connectivity index (χ4v) is 3.10. The molecule has 1 aromatic heterocycles. The number of aliphatic imine (C=N–C) groups is 1. The highest BCUT2D eigenvalue weighted by Gasteiger charge is 2.21. The summed E-state index contributed by atoms with van der Waals surface area (Å²) >= 11 is 1.54. The SMILES string of the molecule is O=C1NC(c2cccs2)=N/C1=C/c1ccc2c(c1)OCCCO2. The number of amides is 1. The molecule has 1 aromatic carbocycles. The summed E-state index contributed by atoms with van der Waals surface area (Å²) in [5.41, 5.74) is 1.25. The summed E-state index contributed by atoms with van der Waals surface area (Å²) < 4.78 is 11.3. The Morgan fingerprint density at radius 3 is 2.87 bits per heavy atom. The molecular weight excluding hydrogens is 312 g/mol. The first-order chi connectivity index (χ1) is 11.3. The molecule has 2 aromatic rings. The second-order valence-electron chi connectivity index (χ2n) is 5.18. The zero-order valence-corrected chi connectivity index (χ0v) is 13.1. The number of hydrogen-bond donors (Lipinski definition) is 1. The van der Waals surface area contributed by atoms with Crippen LogP contribution in [-0.4, -0.2) is 25.0 Å². The number of fused-ring (bicyclic) bond motifs is 1. The highest BCUT2D eigenvalue weighted by molar-refractivity contribution is 7.12. The molecule has 0 fully saturated rings. The van der Waals surface area contributed by atoms with Crippen molar-refractivity contribution in [2.45, 2.75) is 6.42 Å². The van der Waals surface area contributed by atoms with Crippen molar-refractivity contribution < 1.29 is 14.3 Å². The number of benzene rings is 1. The molecule has 6 heteroatoms. The van der Waals surface area contributed by atoms with Gasteiger partial charge in [-0.2, -0.15) is 0 Å². The van der Waals surface area contributed by atoms with Gasteiger partial charge in [0.25, 0.3) is 5.91 Å². The molecule has 1 amide bonds. The summed E-state index contributed by atoms with van der Waals surface area (Å²) in [5, 5.41) is 4.75. The average Bonchev–Trinajstić information content (AvgIpc) is 3.13. The maximum absolute atomic E-state index is 12.1. The Hall–Kier alpha value is -2.60. The molecule has 0 atom stereocenters. The maximum Gasteiger partial charge on any atom is 0.275 e. The van der Waals surface area contributed by atoms with Crippen molar-refractivity contribution in [3.05, 3.63) is 51.8 Å². The molecule has 0 saturated heterocycles. The van der Waals surface area contributed by atoms with Crippen LogP contribution in [0.3, 0.4) is 0 Å². The van der Waals surface area contributed by atoms with Gasteiger partial charge in [0.1, 0.15) is 5.70 Å². The summed E-state index contributed by atoms with van der Waals surface area (Å²) in [6.45, 7) is 1.29. The summed E-state index contributed by atoms with van der Waals surface area (Å²) in [5.74, 6) is 1.85. The third-order valence-electron chi connectivity index (χ3n) is 3.53. The van der Waals surface area contributed by atoms with E-state index in [1.54, 1.807) is 17.4 Å². The van der Waals surface area contributed by atoms with Crippen LogP contribution in [0.2, 0.25) is 0 Å². The molecule has 0 aliphatic carbocycles. The van der Waals surface area contributed by atoms with Gasteiger partial charge in [-0.25, -0.2) is 4.99 Å². The van der Waals surface area contributed by atoms with Crippen molar-refractivity contribution in [2.24, 2.45) is 4.99 Å². The van der Waals surface area contributed by atoms with E-state index in [4.69, 9.17) is 9.47 Å². The third-order valence-corrected chi connectivity index (χ3v) is 4.40. The summed E-state index contributed by atoms with van der Waals surface area (Å²) in [6, 6.07) is 9.50. The van der Waals surface area contributed by atoms with Crippen molar-refractivity contribution in [2.75, 3.05) is 13.2 Å². The van der Waals surface area contributed by atoms with Crippen LogP contribution >= 0.6 is 11.3 Å². The first-order valence-electron chi connectivity index (χ1n) is 7.35. The largest absolute Gasteiger partial charge is 0.490 e. The molecule has 0 bridgehead atoms. The molecule has 0 radical (unpaired) electrons. The number of carbonyl (C=O) groups is 1. The number of thiophene rings is 1. The Bertz CT molecular complexity index is 809. The number of nitrogens with zero attached hydrogens (tertiary/aromatic N) is 1. The summed E-state index contributed by atoms with van der Waals surface area (Å²) in [6.07, 6.45) is 2.62. The highest BCUT2D eigenvalue weighted by Crippen LogP contribution is 2.31. The fourth-order valence-electron chi connectivity index (χ4n) is 2.43. The fraction of sp³-hybridized carbons (Fsp3) is 0.176. The quantitative estimate of drug-likeness (QED) is 0.863. The van der Waals surface area contributed by atoms with Gasteiger partial charge in [0.15, 0.2) is 17.3 Å². The monoisotopic (exact) mass is 326 g/mol. The molecule has 5 nitrogen and oxygen atoms in total. The highest BCUT2D eigenvalue weighted by atomic mass is 32.1. The van der Waals surface area contributed by atoms with Crippen LogP contribution in [-0.2, 0) is 4.79 Å². The van der Waals surface area contributed by atoms with E-state index in [9.17, 15) is 4.79 Å². The summed E-state index contributed by atoms with van der Waals surface area (Å²) in [4.78, 5) is 17.4. The van der Waals surface area contributed by atoms with Crippen molar-refractivity contribution in [1.29, 1.82) is 0 Å². The second kappa shape index (κ2) is 5.89. The zero-order valence-electron chi connectivity index (χ0n) is 12.2. The van der Waals surface area contributed by atoms with E-state index < -0.39 is 0 Å². The standard InChI is InChI=1S/C17H14N2O3S/c20-17-12(18-16(19-17)15-3-1-8-23-15)9-11-4-5-13-14(10-11)22-7-2-6-21-13/h1,3-5,8-10H,2,6-7H2,(H,18,19,20)/b12-9+. The second-order valence-corrected chi connectivity index (χ2v) is 6.13. The van der Waals surface area contributed by atoms with Crippen LogP contribution in [0.4, 0.5) is 0 Å². The minimum Gasteiger partial charge on any atom is -0.490 e. The lowest BCUT2D eigenvalue weighted by Gasteiger charge is -2.07. The van der Waals surface area contributed by atoms with E-state index in [0.29, 0.717) is 30.5 Å². The average molecular weight is 326 g/mol. The molecular formula is C17H14N2O3S. The molecule has 0 spiro atoms. The number of nitrogens with one attached hydrogen (secondary N) is 1. The lowest BCUT2D eigenvalue weighted by atomic mass is 10.1. The van der Waals surface area contributed by atoms with Gasteiger partial charge in [-0.1, -0.05) is 12.1 Å². The molecule has 0 saturated carbocycles. The van der Waals surface area contributed by atoms with E-state index in [1.165, 1.54) is 0 Å². The Morgan fingerprint density at radius 2 is 2.04 bits per heavy atom. The van der Waals surface area contributed by atoms with E-state index in [0.717, 1.165) is 22.6 Å². The van der Waals surface area contributed by atoms with Crippen molar-refractivity contribution in [3.63, 3.8) is 0 Å². The number of carbonyl (C=O) groups excluding carboxylic acids is 1.